The Bertz CT molecular complexity index is 142. The van der Waals surface area contributed by atoms with Crippen LogP contribution in [0.25, 0.3) is 0 Å². The Hall–Kier alpha value is -0.975. The SMILES string of the molecule is C.C.C/C=C/C=C\C=C\C=C\C.[B]. The maximum atomic E-state index is 2.00. The van der Waals surface area contributed by atoms with Gasteiger partial charge < -0.3 is 0 Å². The lowest BCUT2D eigenvalue weighted by Gasteiger charge is -1.71. The number of rotatable bonds is 3. The van der Waals surface area contributed by atoms with E-state index in [1.807, 2.05) is 62.5 Å². The van der Waals surface area contributed by atoms with Crippen LogP contribution in [0.3, 0.4) is 0 Å². The van der Waals surface area contributed by atoms with E-state index in [1.54, 1.807) is 0 Å². The Labute approximate surface area is 86.3 Å². The molecule has 0 bridgehead atoms. The van der Waals surface area contributed by atoms with Crippen LogP contribution in [0, 0.1) is 0 Å². The van der Waals surface area contributed by atoms with Gasteiger partial charge in [0.25, 0.3) is 0 Å². The van der Waals surface area contributed by atoms with E-state index in [0.29, 0.717) is 0 Å². The van der Waals surface area contributed by atoms with Gasteiger partial charge in [-0.15, -0.1) is 0 Å². The summed E-state index contributed by atoms with van der Waals surface area (Å²) in [4.78, 5) is 0. The van der Waals surface area contributed by atoms with Crippen molar-refractivity contribution < 1.29 is 0 Å². The normalized spacial score (nSPS) is 10.3. The number of hydrogen-bond donors (Lipinski definition) is 0. The highest BCUT2D eigenvalue weighted by Gasteiger charge is 1.58. The predicted octanol–water partition coefficient (Wildman–Crippen LogP) is 4.14. The second kappa shape index (κ2) is 22.5. The van der Waals surface area contributed by atoms with Crippen LogP contribution in [0.1, 0.15) is 28.7 Å². The fraction of sp³-hybridized carbons (Fsp3) is 0.333. The van der Waals surface area contributed by atoms with Gasteiger partial charge in [-0.3, -0.25) is 0 Å². The quantitative estimate of drug-likeness (QED) is 0.448. The highest BCUT2D eigenvalue weighted by Crippen LogP contribution is 1.80. The minimum absolute atomic E-state index is 0. The van der Waals surface area contributed by atoms with Crippen LogP contribution in [-0.4, -0.2) is 8.41 Å². The van der Waals surface area contributed by atoms with Gasteiger partial charge in [-0.25, -0.2) is 0 Å². The summed E-state index contributed by atoms with van der Waals surface area (Å²) in [6.45, 7) is 4.00. The first-order valence-electron chi connectivity index (χ1n) is 3.49. The Balaban J connectivity index is -0.000000135. The highest BCUT2D eigenvalue weighted by molar-refractivity contribution is 5.75. The third-order valence-electron chi connectivity index (χ3n) is 0.940. The predicted molar refractivity (Wildman–Crippen MR) is 67.1 cm³/mol. The largest absolute Gasteiger partial charge is 0.0877 e. The zero-order chi connectivity index (χ0) is 7.66. The molecule has 0 nitrogen and oxygen atoms in total. The standard InChI is InChI=1S/C10H14.2CH4.B/c1-3-5-7-9-10-8-6-4-2;;;/h3-10H,1-2H3;2*1H4;/b5-3+,6-4+,9-7-,10-8+;;;. The lowest BCUT2D eigenvalue weighted by molar-refractivity contribution is 1.72. The molecule has 3 radical (unpaired) electrons. The van der Waals surface area contributed by atoms with Gasteiger partial charge in [0.05, 0.1) is 0 Å². The Morgan fingerprint density at radius 1 is 0.538 bits per heavy atom. The molecule has 0 aliphatic heterocycles. The van der Waals surface area contributed by atoms with Gasteiger partial charge in [-0.2, -0.15) is 0 Å². The van der Waals surface area contributed by atoms with E-state index in [2.05, 4.69) is 0 Å². The van der Waals surface area contributed by atoms with Crippen LogP contribution >= 0.6 is 0 Å². The molecule has 0 aromatic carbocycles. The molecule has 0 aliphatic rings. The molecular formula is C12H22B. The van der Waals surface area contributed by atoms with Crippen LogP contribution < -0.4 is 0 Å². The van der Waals surface area contributed by atoms with Crippen molar-refractivity contribution >= 4 is 8.41 Å². The summed E-state index contributed by atoms with van der Waals surface area (Å²) in [5.74, 6) is 0. The van der Waals surface area contributed by atoms with E-state index in [4.69, 9.17) is 0 Å². The third-order valence-corrected chi connectivity index (χ3v) is 0.940. The smallest absolute Gasteiger partial charge is 0 e. The summed E-state index contributed by atoms with van der Waals surface area (Å²) >= 11 is 0. The molecule has 1 heteroatoms. The Kier molecular flexibility index (Phi) is 39.2. The minimum atomic E-state index is 0. The Morgan fingerprint density at radius 2 is 0.769 bits per heavy atom. The molecule has 0 heterocycles. The first-order valence-corrected chi connectivity index (χ1v) is 3.49. The van der Waals surface area contributed by atoms with Crippen molar-refractivity contribution in [3.8, 4) is 0 Å². The minimum Gasteiger partial charge on any atom is -0.0877 e. The zero-order valence-electron chi connectivity index (χ0n) is 7.20. The topological polar surface area (TPSA) is 0 Å². The monoisotopic (exact) mass is 177 g/mol. The molecule has 0 rings (SSSR count). The molecule has 0 N–H and O–H groups in total. The van der Waals surface area contributed by atoms with E-state index in [9.17, 15) is 0 Å². The van der Waals surface area contributed by atoms with Gasteiger partial charge in [0.1, 0.15) is 0 Å². The van der Waals surface area contributed by atoms with Gasteiger partial charge in [-0.1, -0.05) is 63.5 Å². The molecule has 0 saturated carbocycles. The molecule has 0 atom stereocenters. The van der Waals surface area contributed by atoms with Crippen molar-refractivity contribution in [3.63, 3.8) is 0 Å². The summed E-state index contributed by atoms with van der Waals surface area (Å²) in [5, 5.41) is 0. The highest BCUT2D eigenvalue weighted by atomic mass is 13.7. The number of hydrogen-bond acceptors (Lipinski definition) is 0. The molecule has 0 aromatic rings. The second-order valence-corrected chi connectivity index (χ2v) is 1.82. The number of allylic oxidation sites excluding steroid dienone is 8. The van der Waals surface area contributed by atoms with Crippen molar-refractivity contribution in [2.75, 3.05) is 0 Å². The van der Waals surface area contributed by atoms with Crippen LogP contribution in [0.5, 0.6) is 0 Å². The zero-order valence-corrected chi connectivity index (χ0v) is 7.20. The van der Waals surface area contributed by atoms with Gasteiger partial charge in [0.2, 0.25) is 0 Å². The lowest BCUT2D eigenvalue weighted by atomic mass is 10.4. The van der Waals surface area contributed by atoms with Crippen molar-refractivity contribution in [3.05, 3.63) is 48.6 Å². The fourth-order valence-electron chi connectivity index (χ4n) is 0.479. The average Bonchev–Trinajstić information content (AvgIpc) is 1.97. The molecule has 0 aromatic heterocycles. The van der Waals surface area contributed by atoms with Crippen LogP contribution in [0.4, 0.5) is 0 Å². The summed E-state index contributed by atoms with van der Waals surface area (Å²) in [7, 11) is 0. The van der Waals surface area contributed by atoms with Crippen molar-refractivity contribution in [2.45, 2.75) is 28.7 Å². The maximum absolute atomic E-state index is 2.00. The van der Waals surface area contributed by atoms with Crippen LogP contribution in [-0.2, 0) is 0 Å². The molecule has 0 saturated heterocycles. The molecule has 0 spiro atoms. The summed E-state index contributed by atoms with van der Waals surface area (Å²) in [5.41, 5.74) is 0. The van der Waals surface area contributed by atoms with Gasteiger partial charge >= 0.3 is 0 Å². The van der Waals surface area contributed by atoms with Gasteiger partial charge in [-0.05, 0) is 13.8 Å². The van der Waals surface area contributed by atoms with E-state index >= 15 is 0 Å². The molecule has 0 unspecified atom stereocenters. The van der Waals surface area contributed by atoms with Gasteiger partial charge in [0.15, 0.2) is 0 Å². The molecule has 0 fully saturated rings. The molecule has 13 heavy (non-hydrogen) atoms. The van der Waals surface area contributed by atoms with E-state index < -0.39 is 0 Å². The Morgan fingerprint density at radius 3 is 1.00 bits per heavy atom. The summed E-state index contributed by atoms with van der Waals surface area (Å²) in [6, 6.07) is 0. The fourth-order valence-corrected chi connectivity index (χ4v) is 0.479. The first-order chi connectivity index (χ1) is 4.91. The van der Waals surface area contributed by atoms with Crippen molar-refractivity contribution in [2.24, 2.45) is 0 Å². The third kappa shape index (κ3) is 24.7. The van der Waals surface area contributed by atoms with Crippen molar-refractivity contribution in [1.29, 1.82) is 0 Å². The maximum Gasteiger partial charge on any atom is 0 e. The van der Waals surface area contributed by atoms with Crippen LogP contribution in [0.2, 0.25) is 0 Å². The first kappa shape index (κ1) is 22.7. The van der Waals surface area contributed by atoms with Crippen molar-refractivity contribution in [1.82, 2.24) is 0 Å². The molecule has 0 amide bonds. The molecular weight excluding hydrogens is 155 g/mol. The second-order valence-electron chi connectivity index (χ2n) is 1.82. The van der Waals surface area contributed by atoms with E-state index in [-0.39, 0.29) is 23.3 Å². The van der Waals surface area contributed by atoms with Crippen LogP contribution in [0.15, 0.2) is 48.6 Å². The molecule has 0 aliphatic carbocycles. The van der Waals surface area contributed by atoms with E-state index in [0.717, 1.165) is 0 Å². The average molecular weight is 177 g/mol. The summed E-state index contributed by atoms with van der Waals surface area (Å²) in [6.07, 6.45) is 16.0. The van der Waals surface area contributed by atoms with Gasteiger partial charge in [0, 0.05) is 8.41 Å². The lowest BCUT2D eigenvalue weighted by Crippen LogP contribution is -1.49. The van der Waals surface area contributed by atoms with E-state index in [1.165, 1.54) is 0 Å². The summed E-state index contributed by atoms with van der Waals surface area (Å²) < 4.78 is 0. The molecule has 73 valence electrons.